The minimum atomic E-state index is -3.35. The van der Waals surface area contributed by atoms with Crippen molar-refractivity contribution in [2.45, 2.75) is 31.2 Å². The first kappa shape index (κ1) is 20.3. The van der Waals surface area contributed by atoms with Crippen molar-refractivity contribution in [2.75, 3.05) is 6.26 Å². The summed E-state index contributed by atoms with van der Waals surface area (Å²) in [5.41, 5.74) is 3.45. The van der Waals surface area contributed by atoms with Crippen molar-refractivity contribution in [3.05, 3.63) is 108 Å². The molecule has 0 aromatic heterocycles. The van der Waals surface area contributed by atoms with Crippen LogP contribution in [-0.2, 0) is 16.4 Å². The van der Waals surface area contributed by atoms with Crippen molar-refractivity contribution in [1.29, 1.82) is 0 Å². The van der Waals surface area contributed by atoms with Crippen molar-refractivity contribution in [2.24, 2.45) is 0 Å². The van der Waals surface area contributed by atoms with Crippen LogP contribution in [0.4, 0.5) is 0 Å². The van der Waals surface area contributed by atoms with E-state index in [4.69, 9.17) is 0 Å². The number of sulfonamides is 1. The topological polar surface area (TPSA) is 46.2 Å². The summed E-state index contributed by atoms with van der Waals surface area (Å²) in [5.74, 6) is 0.0574. The Morgan fingerprint density at radius 2 is 1.25 bits per heavy atom. The van der Waals surface area contributed by atoms with E-state index in [2.05, 4.69) is 41.1 Å². The van der Waals surface area contributed by atoms with E-state index < -0.39 is 10.0 Å². The smallest absolute Gasteiger partial charge is 0.209 e. The molecule has 146 valence electrons. The Hall–Kier alpha value is -2.43. The molecule has 0 spiro atoms. The molecule has 0 saturated carbocycles. The molecule has 0 fully saturated rings. The lowest BCUT2D eigenvalue weighted by atomic mass is 9.83. The Morgan fingerprint density at radius 1 is 0.750 bits per heavy atom. The molecule has 0 unspecified atom stereocenters. The molecule has 1 N–H and O–H groups in total. The van der Waals surface area contributed by atoms with Gasteiger partial charge in [0.1, 0.15) is 0 Å². The van der Waals surface area contributed by atoms with E-state index in [-0.39, 0.29) is 12.0 Å². The molecule has 0 saturated heterocycles. The van der Waals surface area contributed by atoms with E-state index in [0.29, 0.717) is 0 Å². The molecular formula is C24H27NO2S. The average molecular weight is 394 g/mol. The predicted octanol–water partition coefficient (Wildman–Crippen LogP) is 5.08. The summed E-state index contributed by atoms with van der Waals surface area (Å²) >= 11 is 0. The largest absolute Gasteiger partial charge is 0.213 e. The number of rotatable bonds is 9. The molecule has 3 aromatic rings. The molecule has 28 heavy (non-hydrogen) atoms. The standard InChI is InChI=1S/C24H27NO2S/c1-28(26,27)25-24(22-17-9-4-10-18-22)23(21-15-7-3-8-16-21)19-11-14-20-12-5-2-6-13-20/h2-10,12-13,15-18,23-25H,11,14,19H2,1H3/t23-,24+/m1/s1. The Balaban J connectivity index is 1.88. The normalized spacial score (nSPS) is 13.8. The van der Waals surface area contributed by atoms with Crippen LogP contribution >= 0.6 is 0 Å². The molecule has 3 rings (SSSR count). The highest BCUT2D eigenvalue weighted by Gasteiger charge is 2.27. The fourth-order valence-electron chi connectivity index (χ4n) is 3.67. The van der Waals surface area contributed by atoms with Crippen molar-refractivity contribution in [1.82, 2.24) is 4.72 Å². The summed E-state index contributed by atoms with van der Waals surface area (Å²) in [6.45, 7) is 0. The third-order valence-corrected chi connectivity index (χ3v) is 5.64. The van der Waals surface area contributed by atoms with E-state index >= 15 is 0 Å². The first-order chi connectivity index (χ1) is 13.5. The van der Waals surface area contributed by atoms with Gasteiger partial charge in [-0.2, -0.15) is 0 Å². The van der Waals surface area contributed by atoms with Gasteiger partial charge in [0.15, 0.2) is 0 Å². The van der Waals surface area contributed by atoms with Crippen LogP contribution in [0.5, 0.6) is 0 Å². The van der Waals surface area contributed by atoms with Gasteiger partial charge in [-0.1, -0.05) is 91.0 Å². The Labute approximate surface area is 168 Å². The quantitative estimate of drug-likeness (QED) is 0.551. The van der Waals surface area contributed by atoms with Crippen LogP contribution in [0.15, 0.2) is 91.0 Å². The zero-order valence-electron chi connectivity index (χ0n) is 16.2. The SMILES string of the molecule is CS(=O)(=O)N[C@@H](c1ccccc1)[C@H](CCCc1ccccc1)c1ccccc1. The van der Waals surface area contributed by atoms with Crippen LogP contribution in [0.25, 0.3) is 0 Å². The Morgan fingerprint density at radius 3 is 1.79 bits per heavy atom. The van der Waals surface area contributed by atoms with Gasteiger partial charge in [-0.15, -0.1) is 0 Å². The zero-order chi connectivity index (χ0) is 19.8. The van der Waals surface area contributed by atoms with Crippen molar-refractivity contribution < 1.29 is 8.42 Å². The van der Waals surface area contributed by atoms with Crippen LogP contribution < -0.4 is 4.72 Å². The number of hydrogen-bond donors (Lipinski definition) is 1. The molecule has 0 bridgehead atoms. The maximum absolute atomic E-state index is 12.1. The molecule has 0 heterocycles. The first-order valence-corrected chi connectivity index (χ1v) is 11.5. The van der Waals surface area contributed by atoms with E-state index in [9.17, 15) is 8.42 Å². The summed E-state index contributed by atoms with van der Waals surface area (Å²) in [7, 11) is -3.35. The van der Waals surface area contributed by atoms with Gasteiger partial charge in [-0.3, -0.25) is 0 Å². The molecule has 0 aliphatic carbocycles. The van der Waals surface area contributed by atoms with Crippen LogP contribution in [0.2, 0.25) is 0 Å². The molecule has 2 atom stereocenters. The molecule has 0 radical (unpaired) electrons. The fraction of sp³-hybridized carbons (Fsp3) is 0.250. The Kier molecular flexibility index (Phi) is 7.01. The van der Waals surface area contributed by atoms with Crippen molar-refractivity contribution >= 4 is 10.0 Å². The second-order valence-electron chi connectivity index (χ2n) is 7.17. The maximum Gasteiger partial charge on any atom is 0.209 e. The summed E-state index contributed by atoms with van der Waals surface area (Å²) in [4.78, 5) is 0. The van der Waals surface area contributed by atoms with Gasteiger partial charge >= 0.3 is 0 Å². The zero-order valence-corrected chi connectivity index (χ0v) is 17.0. The van der Waals surface area contributed by atoms with E-state index in [1.54, 1.807) is 0 Å². The lowest BCUT2D eigenvalue weighted by Crippen LogP contribution is -2.32. The molecule has 4 heteroatoms. The van der Waals surface area contributed by atoms with Gasteiger partial charge in [0, 0.05) is 5.92 Å². The first-order valence-electron chi connectivity index (χ1n) is 9.64. The number of hydrogen-bond acceptors (Lipinski definition) is 2. The minimum Gasteiger partial charge on any atom is -0.213 e. The Bertz CT molecular complexity index is 942. The molecular weight excluding hydrogens is 366 g/mol. The van der Waals surface area contributed by atoms with E-state index in [1.165, 1.54) is 11.8 Å². The van der Waals surface area contributed by atoms with Gasteiger partial charge in [0.2, 0.25) is 10.0 Å². The van der Waals surface area contributed by atoms with Crippen molar-refractivity contribution in [3.63, 3.8) is 0 Å². The van der Waals surface area contributed by atoms with Crippen LogP contribution in [0.3, 0.4) is 0 Å². The maximum atomic E-state index is 12.1. The third-order valence-electron chi connectivity index (χ3n) is 4.95. The van der Waals surface area contributed by atoms with E-state index in [1.807, 2.05) is 54.6 Å². The number of nitrogens with one attached hydrogen (secondary N) is 1. The minimum absolute atomic E-state index is 0.0574. The molecule has 0 aliphatic heterocycles. The second kappa shape index (κ2) is 9.67. The summed E-state index contributed by atoms with van der Waals surface area (Å²) < 4.78 is 27.2. The highest BCUT2D eigenvalue weighted by molar-refractivity contribution is 7.88. The highest BCUT2D eigenvalue weighted by atomic mass is 32.2. The van der Waals surface area contributed by atoms with Crippen LogP contribution in [0, 0.1) is 0 Å². The molecule has 3 aromatic carbocycles. The average Bonchev–Trinajstić information content (AvgIpc) is 2.71. The van der Waals surface area contributed by atoms with Gasteiger partial charge in [0.25, 0.3) is 0 Å². The fourth-order valence-corrected chi connectivity index (χ4v) is 4.43. The predicted molar refractivity (Wildman–Crippen MR) is 116 cm³/mol. The molecule has 0 amide bonds. The molecule has 3 nitrogen and oxygen atoms in total. The lowest BCUT2D eigenvalue weighted by molar-refractivity contribution is 0.462. The summed E-state index contributed by atoms with van der Waals surface area (Å²) in [6, 6.07) is 30.2. The highest BCUT2D eigenvalue weighted by Crippen LogP contribution is 2.35. The van der Waals surface area contributed by atoms with Crippen LogP contribution in [-0.4, -0.2) is 14.7 Å². The van der Waals surface area contributed by atoms with Gasteiger partial charge in [0.05, 0.1) is 12.3 Å². The van der Waals surface area contributed by atoms with Gasteiger partial charge in [-0.05, 0) is 36.0 Å². The summed E-state index contributed by atoms with van der Waals surface area (Å²) in [5, 5.41) is 0. The van der Waals surface area contributed by atoms with E-state index in [0.717, 1.165) is 30.4 Å². The third kappa shape index (κ3) is 6.04. The summed E-state index contributed by atoms with van der Waals surface area (Å²) in [6.07, 6.45) is 4.08. The monoisotopic (exact) mass is 393 g/mol. The lowest BCUT2D eigenvalue weighted by Gasteiger charge is -2.28. The van der Waals surface area contributed by atoms with Gasteiger partial charge in [-0.25, -0.2) is 13.1 Å². The second-order valence-corrected chi connectivity index (χ2v) is 8.95. The number of aryl methyl sites for hydroxylation is 1. The van der Waals surface area contributed by atoms with Gasteiger partial charge < -0.3 is 0 Å². The molecule has 0 aliphatic rings. The van der Waals surface area contributed by atoms with Crippen LogP contribution in [0.1, 0.15) is 41.5 Å². The number of benzene rings is 3. The van der Waals surface area contributed by atoms with Crippen molar-refractivity contribution in [3.8, 4) is 0 Å².